The fourth-order valence-electron chi connectivity index (χ4n) is 3.56. The highest BCUT2D eigenvalue weighted by Crippen LogP contribution is 2.27. The number of hydrogen-bond acceptors (Lipinski definition) is 3. The molecular formula is C21H25F2N3O. The summed E-state index contributed by atoms with van der Waals surface area (Å²) in [4.78, 5) is 16.2. The van der Waals surface area contributed by atoms with Crippen molar-refractivity contribution in [3.8, 4) is 0 Å². The molecule has 1 atom stereocenters. The molecule has 27 heavy (non-hydrogen) atoms. The van der Waals surface area contributed by atoms with E-state index in [9.17, 15) is 13.6 Å². The summed E-state index contributed by atoms with van der Waals surface area (Å²) in [7, 11) is 3.15. The van der Waals surface area contributed by atoms with Gasteiger partial charge in [0.15, 0.2) is 11.6 Å². The summed E-state index contributed by atoms with van der Waals surface area (Å²) in [5.41, 5.74) is 1.25. The van der Waals surface area contributed by atoms with E-state index >= 15 is 0 Å². The van der Waals surface area contributed by atoms with Gasteiger partial charge in [-0.2, -0.15) is 0 Å². The van der Waals surface area contributed by atoms with Crippen molar-refractivity contribution in [1.82, 2.24) is 4.90 Å². The maximum atomic E-state index is 14.1. The number of carbonyl (C=O) groups is 1. The van der Waals surface area contributed by atoms with E-state index in [1.807, 2.05) is 18.2 Å². The third-order valence-corrected chi connectivity index (χ3v) is 4.86. The first-order valence-corrected chi connectivity index (χ1v) is 9.17. The first kappa shape index (κ1) is 19.3. The summed E-state index contributed by atoms with van der Waals surface area (Å²) in [6.45, 7) is 2.38. The van der Waals surface area contributed by atoms with Crippen LogP contribution >= 0.6 is 0 Å². The minimum absolute atomic E-state index is 0.111. The molecule has 1 fully saturated rings. The molecule has 3 rings (SSSR count). The highest BCUT2D eigenvalue weighted by Gasteiger charge is 2.26. The number of nitrogens with one attached hydrogen (secondary N) is 1. The molecule has 2 aromatic rings. The lowest BCUT2D eigenvalue weighted by atomic mass is 9.96. The van der Waals surface area contributed by atoms with Crippen molar-refractivity contribution in [3.63, 3.8) is 0 Å². The van der Waals surface area contributed by atoms with E-state index in [1.165, 1.54) is 22.6 Å². The van der Waals surface area contributed by atoms with Crippen LogP contribution in [-0.2, 0) is 11.3 Å². The van der Waals surface area contributed by atoms with Gasteiger partial charge in [0.2, 0.25) is 5.91 Å². The lowest BCUT2D eigenvalue weighted by Crippen LogP contribution is -2.40. The molecule has 1 aliphatic heterocycles. The lowest BCUT2D eigenvalue weighted by Gasteiger charge is -2.32. The molecule has 1 aliphatic rings. The molecule has 0 saturated carbocycles. The van der Waals surface area contributed by atoms with E-state index in [1.54, 1.807) is 14.1 Å². The second-order valence-electron chi connectivity index (χ2n) is 7.23. The van der Waals surface area contributed by atoms with Gasteiger partial charge >= 0.3 is 0 Å². The van der Waals surface area contributed by atoms with E-state index in [2.05, 4.69) is 22.3 Å². The van der Waals surface area contributed by atoms with Crippen LogP contribution in [0.25, 0.3) is 0 Å². The van der Waals surface area contributed by atoms with Crippen molar-refractivity contribution >= 4 is 17.3 Å². The third-order valence-electron chi connectivity index (χ3n) is 4.86. The summed E-state index contributed by atoms with van der Waals surface area (Å²) >= 11 is 0. The zero-order valence-corrected chi connectivity index (χ0v) is 15.7. The Morgan fingerprint density at radius 1 is 1.19 bits per heavy atom. The SMILES string of the molecule is CN(C)c1c(F)cc(NC(=O)C2CCCN(Cc3ccccc3)C2)cc1F. The normalized spacial score (nSPS) is 17.6. The van der Waals surface area contributed by atoms with Crippen LogP contribution in [0.4, 0.5) is 20.2 Å². The number of hydrogen-bond donors (Lipinski definition) is 1. The van der Waals surface area contributed by atoms with Crippen LogP contribution in [0.1, 0.15) is 18.4 Å². The average Bonchev–Trinajstić information content (AvgIpc) is 2.62. The molecule has 0 spiro atoms. The molecule has 0 aliphatic carbocycles. The molecule has 6 heteroatoms. The lowest BCUT2D eigenvalue weighted by molar-refractivity contribution is -0.121. The molecule has 0 aromatic heterocycles. The van der Waals surface area contributed by atoms with Crippen LogP contribution in [0.2, 0.25) is 0 Å². The molecule has 1 N–H and O–H groups in total. The summed E-state index contributed by atoms with van der Waals surface area (Å²) in [6.07, 6.45) is 1.70. The van der Waals surface area contributed by atoms with Gasteiger partial charge in [0.25, 0.3) is 0 Å². The van der Waals surface area contributed by atoms with Crippen molar-refractivity contribution in [2.24, 2.45) is 5.92 Å². The van der Waals surface area contributed by atoms with Gasteiger partial charge in [-0.3, -0.25) is 9.69 Å². The minimum Gasteiger partial charge on any atom is -0.373 e. The average molecular weight is 373 g/mol. The molecular weight excluding hydrogens is 348 g/mol. The Balaban J connectivity index is 1.64. The van der Waals surface area contributed by atoms with Crippen LogP contribution in [0.5, 0.6) is 0 Å². The van der Waals surface area contributed by atoms with E-state index in [4.69, 9.17) is 0 Å². The third kappa shape index (κ3) is 4.83. The minimum atomic E-state index is -0.690. The van der Waals surface area contributed by atoms with Crippen molar-refractivity contribution in [2.75, 3.05) is 37.4 Å². The Bertz CT molecular complexity index is 772. The number of piperidine rings is 1. The van der Waals surface area contributed by atoms with Gasteiger partial charge in [0, 0.05) is 32.9 Å². The van der Waals surface area contributed by atoms with Crippen molar-refractivity contribution in [1.29, 1.82) is 0 Å². The number of nitrogens with zero attached hydrogens (tertiary/aromatic N) is 2. The number of halogens is 2. The van der Waals surface area contributed by atoms with Gasteiger partial charge in [-0.15, -0.1) is 0 Å². The number of likely N-dealkylation sites (tertiary alicyclic amines) is 1. The quantitative estimate of drug-likeness (QED) is 0.864. The maximum Gasteiger partial charge on any atom is 0.228 e. The topological polar surface area (TPSA) is 35.6 Å². The second-order valence-corrected chi connectivity index (χ2v) is 7.23. The standard InChI is InChI=1S/C21H25F2N3O/c1-25(2)20-18(22)11-17(12-19(20)23)24-21(27)16-9-6-10-26(14-16)13-15-7-4-3-5-8-15/h3-5,7-8,11-12,16H,6,9-10,13-14H2,1-2H3,(H,24,27). The van der Waals surface area contributed by atoms with Crippen molar-refractivity contribution in [3.05, 3.63) is 59.7 Å². The summed E-state index contributed by atoms with van der Waals surface area (Å²) in [5, 5.41) is 2.68. The van der Waals surface area contributed by atoms with Crippen LogP contribution in [0.15, 0.2) is 42.5 Å². The van der Waals surface area contributed by atoms with Crippen LogP contribution < -0.4 is 10.2 Å². The van der Waals surface area contributed by atoms with Crippen molar-refractivity contribution in [2.45, 2.75) is 19.4 Å². The second kappa shape index (κ2) is 8.48. The molecule has 144 valence electrons. The molecule has 1 heterocycles. The summed E-state index contributed by atoms with van der Waals surface area (Å²) < 4.78 is 28.2. The maximum absolute atomic E-state index is 14.1. The first-order chi connectivity index (χ1) is 12.9. The zero-order chi connectivity index (χ0) is 19.4. The van der Waals surface area contributed by atoms with Crippen LogP contribution in [0.3, 0.4) is 0 Å². The predicted octanol–water partition coefficient (Wildman–Crippen LogP) is 3.88. The highest BCUT2D eigenvalue weighted by molar-refractivity contribution is 5.93. The Hall–Kier alpha value is -2.47. The van der Waals surface area contributed by atoms with Crippen LogP contribution in [0, 0.1) is 17.6 Å². The Kier molecular flexibility index (Phi) is 6.06. The number of benzene rings is 2. The van der Waals surface area contributed by atoms with Gasteiger partial charge < -0.3 is 10.2 Å². The smallest absolute Gasteiger partial charge is 0.228 e. The molecule has 1 saturated heterocycles. The highest BCUT2D eigenvalue weighted by atomic mass is 19.1. The van der Waals surface area contributed by atoms with E-state index in [-0.39, 0.29) is 23.2 Å². The monoisotopic (exact) mass is 373 g/mol. The predicted molar refractivity (Wildman–Crippen MR) is 104 cm³/mol. The number of rotatable bonds is 5. The van der Waals surface area contributed by atoms with Gasteiger partial charge in [-0.05, 0) is 37.1 Å². The zero-order valence-electron chi connectivity index (χ0n) is 15.7. The van der Waals surface area contributed by atoms with Gasteiger partial charge in [0.1, 0.15) is 5.69 Å². The van der Waals surface area contributed by atoms with Gasteiger partial charge in [0.05, 0.1) is 5.92 Å². The molecule has 1 unspecified atom stereocenters. The van der Waals surface area contributed by atoms with Crippen LogP contribution in [-0.4, -0.2) is 38.0 Å². The fraction of sp³-hybridized carbons (Fsp3) is 0.381. The largest absolute Gasteiger partial charge is 0.373 e. The number of anilines is 2. The molecule has 0 bridgehead atoms. The van der Waals surface area contributed by atoms with Gasteiger partial charge in [-0.1, -0.05) is 30.3 Å². The Labute approximate surface area is 158 Å². The first-order valence-electron chi connectivity index (χ1n) is 9.17. The Morgan fingerprint density at radius 2 is 1.85 bits per heavy atom. The number of amides is 1. The molecule has 2 aromatic carbocycles. The molecule has 1 amide bonds. The molecule has 4 nitrogen and oxygen atoms in total. The fourth-order valence-corrected chi connectivity index (χ4v) is 3.56. The van der Waals surface area contributed by atoms with Gasteiger partial charge in [-0.25, -0.2) is 8.78 Å². The van der Waals surface area contributed by atoms with E-state index in [0.717, 1.165) is 25.9 Å². The number of carbonyl (C=O) groups excluding carboxylic acids is 1. The van der Waals surface area contributed by atoms with E-state index in [0.29, 0.717) is 6.54 Å². The van der Waals surface area contributed by atoms with Crippen molar-refractivity contribution < 1.29 is 13.6 Å². The van der Waals surface area contributed by atoms with E-state index < -0.39 is 11.6 Å². The Morgan fingerprint density at radius 3 is 2.48 bits per heavy atom. The summed E-state index contributed by atoms with van der Waals surface area (Å²) in [5.74, 6) is -1.76. The molecule has 0 radical (unpaired) electrons. The summed E-state index contributed by atoms with van der Waals surface area (Å²) in [6, 6.07) is 12.5.